The van der Waals surface area contributed by atoms with Gasteiger partial charge in [0, 0.05) is 19.3 Å². The molecule has 8 nitrogen and oxygen atoms in total. The Morgan fingerprint density at radius 2 is 2.04 bits per heavy atom. The maximum Gasteiger partial charge on any atom is 0.300 e. The van der Waals surface area contributed by atoms with Crippen molar-refractivity contribution in [2.24, 2.45) is 0 Å². The smallest absolute Gasteiger partial charge is 0.300 e. The Morgan fingerprint density at radius 3 is 2.81 bits per heavy atom. The van der Waals surface area contributed by atoms with Crippen LogP contribution < -0.4 is 5.32 Å². The monoisotopic (exact) mass is 355 g/mol. The summed E-state index contributed by atoms with van der Waals surface area (Å²) in [7, 11) is 0. The van der Waals surface area contributed by atoms with Gasteiger partial charge >= 0.3 is 0 Å². The number of anilines is 2. The summed E-state index contributed by atoms with van der Waals surface area (Å²) in [6, 6.07) is 7.95. The van der Waals surface area contributed by atoms with E-state index in [1.165, 1.54) is 0 Å². The molecule has 1 aromatic carbocycles. The van der Waals surface area contributed by atoms with Gasteiger partial charge in [0.1, 0.15) is 12.1 Å². The number of para-hydroxylation sites is 2. The predicted octanol–water partition coefficient (Wildman–Crippen LogP) is 2.40. The summed E-state index contributed by atoms with van der Waals surface area (Å²) >= 11 is 0. The molecule has 8 heteroatoms. The fraction of sp³-hybridized carbons (Fsp3) is 0.389. The molecule has 1 aliphatic heterocycles. The summed E-state index contributed by atoms with van der Waals surface area (Å²) < 4.78 is 12.9. The number of morpholine rings is 1. The number of carbonyl (C=O) groups is 1. The summed E-state index contributed by atoms with van der Waals surface area (Å²) in [5.41, 5.74) is 2.22. The SMILES string of the molecule is CC1CN(C(=O)Cn2cc(Nc3nc4ccccc4o3)cn2)CC(C)O1. The average molecular weight is 355 g/mol. The molecule has 0 spiro atoms. The molecule has 26 heavy (non-hydrogen) atoms. The van der Waals surface area contributed by atoms with Crippen LogP contribution >= 0.6 is 0 Å². The zero-order valence-corrected chi connectivity index (χ0v) is 14.8. The highest BCUT2D eigenvalue weighted by Gasteiger charge is 2.26. The normalized spacial score (nSPS) is 20.5. The second-order valence-corrected chi connectivity index (χ2v) is 6.59. The van der Waals surface area contributed by atoms with E-state index >= 15 is 0 Å². The molecule has 3 heterocycles. The summed E-state index contributed by atoms with van der Waals surface area (Å²) in [6.45, 7) is 5.37. The van der Waals surface area contributed by atoms with E-state index in [0.29, 0.717) is 30.4 Å². The van der Waals surface area contributed by atoms with Gasteiger partial charge in [-0.15, -0.1) is 0 Å². The lowest BCUT2D eigenvalue weighted by Gasteiger charge is -2.35. The quantitative estimate of drug-likeness (QED) is 0.773. The predicted molar refractivity (Wildman–Crippen MR) is 96.1 cm³/mol. The van der Waals surface area contributed by atoms with Crippen molar-refractivity contribution < 1.29 is 13.9 Å². The second-order valence-electron chi connectivity index (χ2n) is 6.59. The third-order valence-electron chi connectivity index (χ3n) is 4.25. The molecule has 2 aromatic heterocycles. The molecule has 0 bridgehead atoms. The fourth-order valence-electron chi connectivity index (χ4n) is 3.18. The first-order valence-electron chi connectivity index (χ1n) is 8.65. The molecule has 3 aromatic rings. The number of hydrogen-bond acceptors (Lipinski definition) is 6. The Balaban J connectivity index is 1.40. The maximum absolute atomic E-state index is 12.5. The van der Waals surface area contributed by atoms with Gasteiger partial charge in [-0.25, -0.2) is 0 Å². The second kappa shape index (κ2) is 6.80. The molecule has 1 N–H and O–H groups in total. The van der Waals surface area contributed by atoms with Gasteiger partial charge in [0.15, 0.2) is 5.58 Å². The van der Waals surface area contributed by atoms with Crippen LogP contribution in [0.5, 0.6) is 0 Å². The summed E-state index contributed by atoms with van der Waals surface area (Å²) in [6.07, 6.45) is 3.51. The summed E-state index contributed by atoms with van der Waals surface area (Å²) in [5.74, 6) is 0.0310. The molecule has 136 valence electrons. The number of carbonyl (C=O) groups excluding carboxylic acids is 1. The van der Waals surface area contributed by atoms with Gasteiger partial charge < -0.3 is 19.4 Å². The molecular weight excluding hydrogens is 334 g/mol. The molecule has 0 radical (unpaired) electrons. The summed E-state index contributed by atoms with van der Waals surface area (Å²) in [5, 5.41) is 7.32. The molecule has 0 aliphatic carbocycles. The Labute approximate surface area is 150 Å². The number of fused-ring (bicyclic) bond motifs is 1. The van der Waals surface area contributed by atoms with Crippen molar-refractivity contribution in [1.82, 2.24) is 19.7 Å². The highest BCUT2D eigenvalue weighted by Crippen LogP contribution is 2.21. The van der Waals surface area contributed by atoms with Crippen LogP contribution in [-0.2, 0) is 16.1 Å². The topological polar surface area (TPSA) is 85.4 Å². The van der Waals surface area contributed by atoms with Crippen LogP contribution in [0.25, 0.3) is 11.1 Å². The van der Waals surface area contributed by atoms with Gasteiger partial charge in [-0.2, -0.15) is 10.1 Å². The number of aromatic nitrogens is 3. The highest BCUT2D eigenvalue weighted by atomic mass is 16.5. The van der Waals surface area contributed by atoms with E-state index in [1.807, 2.05) is 43.0 Å². The van der Waals surface area contributed by atoms with Crippen LogP contribution in [0.1, 0.15) is 13.8 Å². The number of nitrogens with zero attached hydrogens (tertiary/aromatic N) is 4. The Morgan fingerprint density at radius 1 is 1.27 bits per heavy atom. The third-order valence-corrected chi connectivity index (χ3v) is 4.25. The van der Waals surface area contributed by atoms with Crippen molar-refractivity contribution in [1.29, 1.82) is 0 Å². The van der Waals surface area contributed by atoms with E-state index in [2.05, 4.69) is 15.4 Å². The minimum Gasteiger partial charge on any atom is -0.423 e. The molecule has 0 saturated carbocycles. The Bertz CT molecular complexity index is 875. The van der Waals surface area contributed by atoms with Crippen molar-refractivity contribution in [3.8, 4) is 0 Å². The maximum atomic E-state index is 12.5. The largest absolute Gasteiger partial charge is 0.423 e. The average Bonchev–Trinajstić information content (AvgIpc) is 3.20. The van der Waals surface area contributed by atoms with Gasteiger partial charge in [0.05, 0.1) is 24.1 Å². The van der Waals surface area contributed by atoms with Crippen LogP contribution in [0.15, 0.2) is 41.1 Å². The minimum absolute atomic E-state index is 0.0310. The molecular formula is C18H21N5O3. The number of nitrogens with one attached hydrogen (secondary N) is 1. The first-order chi connectivity index (χ1) is 12.6. The van der Waals surface area contributed by atoms with E-state index in [0.717, 1.165) is 5.52 Å². The van der Waals surface area contributed by atoms with E-state index in [9.17, 15) is 4.79 Å². The van der Waals surface area contributed by atoms with Crippen LogP contribution in [-0.4, -0.2) is 50.9 Å². The standard InChI is InChI=1S/C18H21N5O3/c1-12-8-22(9-13(2)25-12)17(24)11-23-10-14(7-19-23)20-18-21-15-5-3-4-6-16(15)26-18/h3-7,10,12-13H,8-9,11H2,1-2H3,(H,20,21). The number of oxazole rings is 1. The molecule has 1 amide bonds. The lowest BCUT2D eigenvalue weighted by molar-refractivity contribution is -0.144. The lowest BCUT2D eigenvalue weighted by atomic mass is 10.2. The van der Waals surface area contributed by atoms with Gasteiger partial charge in [-0.3, -0.25) is 9.48 Å². The highest BCUT2D eigenvalue weighted by molar-refractivity contribution is 5.76. The van der Waals surface area contributed by atoms with E-state index < -0.39 is 0 Å². The first kappa shape index (κ1) is 16.6. The number of ether oxygens (including phenoxy) is 1. The zero-order valence-electron chi connectivity index (χ0n) is 14.8. The molecule has 2 unspecified atom stereocenters. The molecule has 1 aliphatic rings. The van der Waals surface area contributed by atoms with Gasteiger partial charge in [0.25, 0.3) is 6.01 Å². The van der Waals surface area contributed by atoms with Crippen molar-refractivity contribution in [2.45, 2.75) is 32.6 Å². The van der Waals surface area contributed by atoms with Gasteiger partial charge in [-0.05, 0) is 26.0 Å². The van der Waals surface area contributed by atoms with E-state index in [1.54, 1.807) is 17.1 Å². The van der Waals surface area contributed by atoms with Crippen molar-refractivity contribution >= 4 is 28.7 Å². The zero-order chi connectivity index (χ0) is 18.1. The summed E-state index contributed by atoms with van der Waals surface area (Å²) in [4.78, 5) is 18.7. The molecule has 1 saturated heterocycles. The third kappa shape index (κ3) is 3.55. The van der Waals surface area contributed by atoms with Crippen molar-refractivity contribution in [2.75, 3.05) is 18.4 Å². The number of benzene rings is 1. The molecule has 4 rings (SSSR count). The van der Waals surface area contributed by atoms with Crippen LogP contribution in [0.4, 0.5) is 11.7 Å². The molecule has 1 fully saturated rings. The Hall–Kier alpha value is -2.87. The number of rotatable bonds is 4. The van der Waals surface area contributed by atoms with Gasteiger partial charge in [-0.1, -0.05) is 12.1 Å². The van der Waals surface area contributed by atoms with E-state index in [4.69, 9.17) is 9.15 Å². The van der Waals surface area contributed by atoms with Crippen LogP contribution in [0.2, 0.25) is 0 Å². The number of hydrogen-bond donors (Lipinski definition) is 1. The first-order valence-corrected chi connectivity index (χ1v) is 8.65. The Kier molecular flexibility index (Phi) is 4.34. The van der Waals surface area contributed by atoms with E-state index in [-0.39, 0.29) is 24.7 Å². The number of amides is 1. The van der Waals surface area contributed by atoms with Crippen LogP contribution in [0.3, 0.4) is 0 Å². The molecule has 2 atom stereocenters. The lowest BCUT2D eigenvalue weighted by Crippen LogP contribution is -2.49. The minimum atomic E-state index is 0.0310. The van der Waals surface area contributed by atoms with Crippen molar-refractivity contribution in [3.63, 3.8) is 0 Å². The fourth-order valence-corrected chi connectivity index (χ4v) is 3.18. The van der Waals surface area contributed by atoms with Crippen molar-refractivity contribution in [3.05, 3.63) is 36.7 Å². The van der Waals surface area contributed by atoms with Crippen LogP contribution in [0, 0.1) is 0 Å². The van der Waals surface area contributed by atoms with Gasteiger partial charge in [0.2, 0.25) is 5.91 Å².